The second-order valence-corrected chi connectivity index (χ2v) is 10.2. The van der Waals surface area contributed by atoms with Crippen LogP contribution in [-0.4, -0.2) is 33.0 Å². The van der Waals surface area contributed by atoms with Crippen LogP contribution in [-0.2, 0) is 9.59 Å². The lowest BCUT2D eigenvalue weighted by atomic mass is 9.98. The molecule has 0 spiro atoms. The fourth-order valence-corrected chi connectivity index (χ4v) is 5.36. The average molecular weight is 521 g/mol. The summed E-state index contributed by atoms with van der Waals surface area (Å²) < 4.78 is 13.1. The molecule has 2 aliphatic rings. The zero-order chi connectivity index (χ0) is 25.2. The number of hydrogen-bond donors (Lipinski definition) is 1. The van der Waals surface area contributed by atoms with E-state index in [4.69, 9.17) is 16.7 Å². The lowest BCUT2D eigenvalue weighted by molar-refractivity contribution is -0.121. The Morgan fingerprint density at radius 2 is 1.89 bits per heavy atom. The first kappa shape index (κ1) is 24.2. The second kappa shape index (κ2) is 10.2. The van der Waals surface area contributed by atoms with Crippen LogP contribution in [0, 0.1) is 12.7 Å². The van der Waals surface area contributed by atoms with Gasteiger partial charge in [0.2, 0.25) is 5.91 Å². The maximum atomic E-state index is 13.1. The number of aliphatic imine (C=N–C) groups is 1. The van der Waals surface area contributed by atoms with Crippen molar-refractivity contribution in [3.8, 4) is 0 Å². The van der Waals surface area contributed by atoms with Crippen molar-refractivity contribution in [2.24, 2.45) is 10.1 Å². The molecule has 2 amide bonds. The molecule has 0 aliphatic carbocycles. The zero-order valence-electron chi connectivity index (χ0n) is 19.3. The fourth-order valence-electron chi connectivity index (χ4n) is 4.10. The highest BCUT2D eigenvalue weighted by Gasteiger charge is 2.39. The monoisotopic (exact) mass is 520 g/mol. The van der Waals surface area contributed by atoms with Gasteiger partial charge in [-0.05, 0) is 54.4 Å². The van der Waals surface area contributed by atoms with Crippen LogP contribution in [0.1, 0.15) is 35.6 Å². The molecule has 3 aromatic carbocycles. The summed E-state index contributed by atoms with van der Waals surface area (Å²) in [5.41, 5.74) is 4.46. The lowest BCUT2D eigenvalue weighted by Crippen LogP contribution is -2.25. The van der Waals surface area contributed by atoms with Crippen molar-refractivity contribution < 1.29 is 14.0 Å². The molecule has 182 valence electrons. The number of nitrogens with one attached hydrogen (secondary N) is 1. The first-order valence-corrected chi connectivity index (χ1v) is 12.7. The lowest BCUT2D eigenvalue weighted by Gasteiger charge is -2.23. The third-order valence-electron chi connectivity index (χ3n) is 5.95. The van der Waals surface area contributed by atoms with E-state index in [1.165, 1.54) is 36.0 Å². The molecule has 0 radical (unpaired) electrons. The van der Waals surface area contributed by atoms with E-state index < -0.39 is 11.1 Å². The predicted octanol–water partition coefficient (Wildman–Crippen LogP) is 5.97. The van der Waals surface area contributed by atoms with Crippen LogP contribution < -0.4 is 5.32 Å². The van der Waals surface area contributed by atoms with Crippen LogP contribution in [0.3, 0.4) is 0 Å². The minimum atomic E-state index is -0.668. The van der Waals surface area contributed by atoms with Crippen LogP contribution >= 0.6 is 23.4 Å². The number of aryl methyl sites for hydroxylation is 1. The van der Waals surface area contributed by atoms with Gasteiger partial charge in [0.05, 0.1) is 11.8 Å². The molecule has 0 unspecified atom stereocenters. The quantitative estimate of drug-likeness (QED) is 0.450. The third-order valence-corrected chi connectivity index (χ3v) is 7.33. The number of amidine groups is 1. The Balaban J connectivity index is 1.35. The smallest absolute Gasteiger partial charge is 0.262 e. The van der Waals surface area contributed by atoms with E-state index in [1.54, 1.807) is 5.01 Å². The minimum absolute atomic E-state index is 0.0575. The molecule has 2 atom stereocenters. The van der Waals surface area contributed by atoms with E-state index in [-0.39, 0.29) is 24.3 Å². The summed E-state index contributed by atoms with van der Waals surface area (Å²) in [6, 6.07) is 21.0. The molecule has 3 aromatic rings. The SMILES string of the molecule is Cc1ccc(C2=NN(C3=NC(=O)[C@@H](CC(=O)Nc4ccc(F)cc4)S3)[C@@H](c3cccc(Cl)c3)C2)cc1. The van der Waals surface area contributed by atoms with Gasteiger partial charge in [0, 0.05) is 23.6 Å². The van der Waals surface area contributed by atoms with Gasteiger partial charge in [-0.3, -0.25) is 9.59 Å². The van der Waals surface area contributed by atoms with Gasteiger partial charge in [-0.15, -0.1) is 0 Å². The molecular weight excluding hydrogens is 499 g/mol. The first-order valence-electron chi connectivity index (χ1n) is 11.4. The summed E-state index contributed by atoms with van der Waals surface area (Å²) >= 11 is 7.49. The van der Waals surface area contributed by atoms with Gasteiger partial charge in [-0.25, -0.2) is 9.40 Å². The van der Waals surface area contributed by atoms with E-state index in [1.807, 2.05) is 55.5 Å². The molecule has 5 rings (SSSR count). The number of nitrogens with zero attached hydrogens (tertiary/aromatic N) is 3. The van der Waals surface area contributed by atoms with Gasteiger partial charge in [0.15, 0.2) is 5.17 Å². The number of hydrogen-bond acceptors (Lipinski definition) is 5. The molecule has 36 heavy (non-hydrogen) atoms. The highest BCUT2D eigenvalue weighted by molar-refractivity contribution is 8.15. The number of hydrazone groups is 1. The number of carbonyl (C=O) groups is 2. The summed E-state index contributed by atoms with van der Waals surface area (Å²) in [4.78, 5) is 29.5. The molecule has 6 nitrogen and oxygen atoms in total. The number of amides is 2. The standard InChI is InChI=1S/C27H22ClFN4O2S/c1-16-5-7-17(8-6-16)22-14-23(18-3-2-4-19(28)13-18)33(32-22)27-31-26(35)24(36-27)15-25(34)30-21-11-9-20(29)10-12-21/h2-13,23-24H,14-15H2,1H3,(H,30,34)/t23-,24-/m1/s1. The Bertz CT molecular complexity index is 1380. The molecule has 1 N–H and O–H groups in total. The first-order chi connectivity index (χ1) is 17.4. The van der Waals surface area contributed by atoms with Gasteiger partial charge in [0.25, 0.3) is 5.91 Å². The molecule has 0 fully saturated rings. The number of rotatable bonds is 5. The van der Waals surface area contributed by atoms with Crippen LogP contribution in [0.25, 0.3) is 0 Å². The Morgan fingerprint density at radius 3 is 2.61 bits per heavy atom. The minimum Gasteiger partial charge on any atom is -0.326 e. The Labute approximate surface area is 217 Å². The van der Waals surface area contributed by atoms with Gasteiger partial charge in [-0.1, -0.05) is 65.3 Å². The van der Waals surface area contributed by atoms with Crippen molar-refractivity contribution in [1.29, 1.82) is 0 Å². The van der Waals surface area contributed by atoms with Crippen LogP contribution in [0.5, 0.6) is 0 Å². The van der Waals surface area contributed by atoms with Gasteiger partial charge in [-0.2, -0.15) is 10.1 Å². The molecule has 0 saturated carbocycles. The zero-order valence-corrected chi connectivity index (χ0v) is 20.9. The number of carbonyl (C=O) groups excluding carboxylic acids is 2. The summed E-state index contributed by atoms with van der Waals surface area (Å²) in [6.45, 7) is 2.03. The van der Waals surface area contributed by atoms with E-state index in [0.29, 0.717) is 22.3 Å². The topological polar surface area (TPSA) is 74.1 Å². The molecule has 0 saturated heterocycles. The summed E-state index contributed by atoms with van der Waals surface area (Å²) in [5.74, 6) is -1.12. The molecule has 2 aliphatic heterocycles. The molecule has 0 bridgehead atoms. The van der Waals surface area contributed by atoms with Crippen LogP contribution in [0.2, 0.25) is 5.02 Å². The van der Waals surface area contributed by atoms with Crippen molar-refractivity contribution in [3.05, 3.63) is 100 Å². The Kier molecular flexibility index (Phi) is 6.89. The number of halogens is 2. The average Bonchev–Trinajstić information content (AvgIpc) is 3.45. The molecule has 0 aromatic heterocycles. The maximum absolute atomic E-state index is 13.1. The summed E-state index contributed by atoms with van der Waals surface area (Å²) in [6.07, 6.45) is 0.560. The van der Waals surface area contributed by atoms with Gasteiger partial charge < -0.3 is 5.32 Å². The Hall–Kier alpha value is -3.49. The maximum Gasteiger partial charge on any atom is 0.262 e. The fraction of sp³-hybridized carbons (Fsp3) is 0.185. The van der Waals surface area contributed by atoms with Crippen molar-refractivity contribution in [2.75, 3.05) is 5.32 Å². The largest absolute Gasteiger partial charge is 0.326 e. The van der Waals surface area contributed by atoms with Gasteiger partial charge >= 0.3 is 0 Å². The normalized spacial score (nSPS) is 19.3. The van der Waals surface area contributed by atoms with E-state index in [0.717, 1.165) is 22.4 Å². The van der Waals surface area contributed by atoms with E-state index in [2.05, 4.69) is 10.3 Å². The van der Waals surface area contributed by atoms with E-state index >= 15 is 0 Å². The highest BCUT2D eigenvalue weighted by atomic mass is 35.5. The van der Waals surface area contributed by atoms with Crippen molar-refractivity contribution >= 4 is 51.7 Å². The molecule has 9 heteroatoms. The van der Waals surface area contributed by atoms with Crippen molar-refractivity contribution in [3.63, 3.8) is 0 Å². The predicted molar refractivity (Wildman–Crippen MR) is 142 cm³/mol. The second-order valence-electron chi connectivity index (χ2n) is 8.63. The van der Waals surface area contributed by atoms with Crippen LogP contribution in [0.15, 0.2) is 82.9 Å². The Morgan fingerprint density at radius 1 is 1.14 bits per heavy atom. The number of benzene rings is 3. The van der Waals surface area contributed by atoms with Crippen molar-refractivity contribution in [1.82, 2.24) is 5.01 Å². The number of anilines is 1. The van der Waals surface area contributed by atoms with Gasteiger partial charge in [0.1, 0.15) is 11.1 Å². The van der Waals surface area contributed by atoms with Crippen LogP contribution in [0.4, 0.5) is 10.1 Å². The summed E-state index contributed by atoms with van der Waals surface area (Å²) in [5, 5.41) is 9.71. The highest BCUT2D eigenvalue weighted by Crippen LogP contribution is 2.39. The van der Waals surface area contributed by atoms with Crippen molar-refractivity contribution in [2.45, 2.75) is 31.1 Å². The van der Waals surface area contributed by atoms with E-state index in [9.17, 15) is 14.0 Å². The number of thioether (sulfide) groups is 1. The summed E-state index contributed by atoms with van der Waals surface area (Å²) in [7, 11) is 0. The third kappa shape index (κ3) is 5.34. The molecular formula is C27H22ClFN4O2S. The molecule has 2 heterocycles.